The molecule has 1 unspecified atom stereocenters. The smallest absolute Gasteiger partial charge is 0.296 e. The monoisotopic (exact) mass is 541 g/mol. The summed E-state index contributed by atoms with van der Waals surface area (Å²) >= 11 is 2.71. The van der Waals surface area contributed by atoms with E-state index in [9.17, 15) is 19.8 Å². The number of ketones is 1. The number of amides is 1. The number of aromatic hydroxyl groups is 1. The number of allylic oxidation sites excluding steroid dienone is 1. The fraction of sp³-hybridized carbons (Fsp3) is 0.103. The van der Waals surface area contributed by atoms with E-state index in [1.54, 1.807) is 18.2 Å². The second-order valence-electron chi connectivity index (χ2n) is 8.66. The second-order valence-corrected chi connectivity index (χ2v) is 10.8. The van der Waals surface area contributed by atoms with Crippen LogP contribution in [0.25, 0.3) is 6.08 Å². The zero-order valence-corrected chi connectivity index (χ0v) is 21.9. The maximum Gasteiger partial charge on any atom is 0.296 e. The van der Waals surface area contributed by atoms with Gasteiger partial charge in [0.15, 0.2) is 15.9 Å². The first-order valence-electron chi connectivity index (χ1n) is 11.8. The lowest BCUT2D eigenvalue weighted by molar-refractivity contribution is -0.117. The summed E-state index contributed by atoms with van der Waals surface area (Å²) in [5.41, 5.74) is 3.61. The average molecular weight is 542 g/mol. The van der Waals surface area contributed by atoms with Gasteiger partial charge in [0.1, 0.15) is 5.75 Å². The third kappa shape index (κ3) is 5.39. The van der Waals surface area contributed by atoms with E-state index < -0.39 is 23.5 Å². The molecule has 1 amide bonds. The summed E-state index contributed by atoms with van der Waals surface area (Å²) in [5.74, 6) is -1.14. The van der Waals surface area contributed by atoms with Crippen molar-refractivity contribution in [2.75, 3.05) is 4.90 Å². The normalized spacial score (nSPS) is 15.6. The zero-order valence-electron chi connectivity index (χ0n) is 20.3. The van der Waals surface area contributed by atoms with Gasteiger partial charge in [-0.3, -0.25) is 14.5 Å². The van der Waals surface area contributed by atoms with Crippen molar-refractivity contribution in [2.45, 2.75) is 23.1 Å². The topological polar surface area (TPSA) is 104 Å². The highest BCUT2D eigenvalue weighted by Crippen LogP contribution is 2.43. The average Bonchev–Trinajstić information content (AvgIpc) is 3.50. The van der Waals surface area contributed by atoms with E-state index in [0.29, 0.717) is 15.7 Å². The van der Waals surface area contributed by atoms with Crippen LogP contribution in [0.1, 0.15) is 28.3 Å². The maximum atomic E-state index is 13.3. The number of nitrogens with zero attached hydrogens (tertiary/aromatic N) is 3. The number of phenols is 1. The van der Waals surface area contributed by atoms with Crippen molar-refractivity contribution in [3.05, 3.63) is 119 Å². The van der Waals surface area contributed by atoms with Crippen molar-refractivity contribution in [2.24, 2.45) is 0 Å². The standard InChI is InChI=1S/C29H23N3O4S2/c1-18-7-9-20(10-8-18)17-37-29-31-30-28(38-29)32-25(21-12-14-22(33)15-13-21)24(26(35)27(32)36)23(34)16-11-19-5-3-2-4-6-19/h2-16,25,33,35H,17H2,1H3. The van der Waals surface area contributed by atoms with Gasteiger partial charge in [-0.05, 0) is 41.8 Å². The molecule has 190 valence electrons. The highest BCUT2D eigenvalue weighted by Gasteiger charge is 2.45. The summed E-state index contributed by atoms with van der Waals surface area (Å²) in [6.45, 7) is 2.03. The van der Waals surface area contributed by atoms with Crippen molar-refractivity contribution in [3.8, 4) is 5.75 Å². The van der Waals surface area contributed by atoms with Crippen LogP contribution in [0.4, 0.5) is 5.13 Å². The Kier molecular flexibility index (Phi) is 7.39. The number of hydrogen-bond donors (Lipinski definition) is 2. The molecule has 9 heteroatoms. The Bertz CT molecular complexity index is 1530. The van der Waals surface area contributed by atoms with Crippen molar-refractivity contribution in [1.29, 1.82) is 0 Å². The molecule has 3 aromatic carbocycles. The molecule has 38 heavy (non-hydrogen) atoms. The molecule has 1 aromatic heterocycles. The Balaban J connectivity index is 1.45. The summed E-state index contributed by atoms with van der Waals surface area (Å²) in [6, 6.07) is 22.7. The Hall–Kier alpha value is -4.21. The van der Waals surface area contributed by atoms with E-state index in [1.165, 1.54) is 51.8 Å². The zero-order chi connectivity index (χ0) is 26.6. The highest BCUT2D eigenvalue weighted by molar-refractivity contribution is 8.00. The first kappa shape index (κ1) is 25.4. The third-order valence-electron chi connectivity index (χ3n) is 5.99. The minimum absolute atomic E-state index is 0.0420. The number of thioether (sulfide) groups is 1. The van der Waals surface area contributed by atoms with E-state index >= 15 is 0 Å². The molecule has 0 fully saturated rings. The number of aliphatic hydroxyl groups is 1. The Morgan fingerprint density at radius 1 is 1.00 bits per heavy atom. The molecule has 2 N–H and O–H groups in total. The van der Waals surface area contributed by atoms with Crippen molar-refractivity contribution in [1.82, 2.24) is 10.2 Å². The minimum atomic E-state index is -0.932. The van der Waals surface area contributed by atoms with Crippen molar-refractivity contribution < 1.29 is 19.8 Å². The number of rotatable bonds is 8. The maximum absolute atomic E-state index is 13.3. The molecule has 1 aliphatic heterocycles. The van der Waals surface area contributed by atoms with Crippen LogP contribution in [0.3, 0.4) is 0 Å². The summed E-state index contributed by atoms with van der Waals surface area (Å²) in [5, 5.41) is 29.4. The second kappa shape index (κ2) is 11.0. The predicted molar refractivity (Wildman–Crippen MR) is 149 cm³/mol. The molecule has 0 spiro atoms. The van der Waals surface area contributed by atoms with Crippen LogP contribution in [0.5, 0.6) is 5.75 Å². The number of benzene rings is 3. The number of phenolic OH excluding ortho intramolecular Hbond substituents is 1. The van der Waals surface area contributed by atoms with E-state index in [4.69, 9.17) is 0 Å². The number of anilines is 1. The van der Waals surface area contributed by atoms with Gasteiger partial charge in [0.05, 0.1) is 11.6 Å². The Labute approximate surface area is 227 Å². The van der Waals surface area contributed by atoms with Gasteiger partial charge in [-0.2, -0.15) is 0 Å². The lowest BCUT2D eigenvalue weighted by Gasteiger charge is -2.23. The predicted octanol–water partition coefficient (Wildman–Crippen LogP) is 6.03. The van der Waals surface area contributed by atoms with Crippen LogP contribution >= 0.6 is 23.1 Å². The molecule has 0 saturated carbocycles. The fourth-order valence-electron chi connectivity index (χ4n) is 4.04. The summed E-state index contributed by atoms with van der Waals surface area (Å²) < 4.78 is 0.654. The fourth-order valence-corrected chi connectivity index (χ4v) is 5.86. The van der Waals surface area contributed by atoms with E-state index in [2.05, 4.69) is 22.3 Å². The minimum Gasteiger partial charge on any atom is -0.508 e. The van der Waals surface area contributed by atoms with Gasteiger partial charge in [0.2, 0.25) is 5.13 Å². The number of aryl methyl sites for hydroxylation is 1. The van der Waals surface area contributed by atoms with Crippen molar-refractivity contribution >= 4 is 46.0 Å². The first-order chi connectivity index (χ1) is 18.4. The van der Waals surface area contributed by atoms with Crippen LogP contribution in [0.2, 0.25) is 0 Å². The van der Waals surface area contributed by atoms with Gasteiger partial charge < -0.3 is 10.2 Å². The van der Waals surface area contributed by atoms with E-state index in [1.807, 2.05) is 49.4 Å². The SMILES string of the molecule is Cc1ccc(CSc2nnc(N3C(=O)C(O)=C(C(=O)C=Cc4ccccc4)C3c3ccc(O)cc3)s2)cc1. The molecular formula is C29H23N3O4S2. The summed E-state index contributed by atoms with van der Waals surface area (Å²) in [6.07, 6.45) is 2.97. The number of carbonyl (C=O) groups is 2. The van der Waals surface area contributed by atoms with Gasteiger partial charge in [0, 0.05) is 5.75 Å². The molecule has 4 aromatic rings. The molecule has 1 aliphatic rings. The lowest BCUT2D eigenvalue weighted by atomic mass is 9.95. The molecule has 5 rings (SSSR count). The van der Waals surface area contributed by atoms with Gasteiger partial charge in [0.25, 0.3) is 5.91 Å². The highest BCUT2D eigenvalue weighted by atomic mass is 32.2. The van der Waals surface area contributed by atoms with Gasteiger partial charge in [-0.1, -0.05) is 101 Å². The number of aromatic nitrogens is 2. The van der Waals surface area contributed by atoms with Gasteiger partial charge in [-0.15, -0.1) is 10.2 Å². The van der Waals surface area contributed by atoms with Crippen LogP contribution in [0, 0.1) is 6.92 Å². The summed E-state index contributed by atoms with van der Waals surface area (Å²) in [7, 11) is 0. The van der Waals surface area contributed by atoms with Crippen LogP contribution in [0.15, 0.2) is 101 Å². The lowest BCUT2D eigenvalue weighted by Crippen LogP contribution is -2.30. The quantitative estimate of drug-likeness (QED) is 0.160. The number of carbonyl (C=O) groups excluding carboxylic acids is 2. The van der Waals surface area contributed by atoms with Crippen molar-refractivity contribution in [3.63, 3.8) is 0 Å². The van der Waals surface area contributed by atoms with E-state index in [-0.39, 0.29) is 16.5 Å². The molecular weight excluding hydrogens is 518 g/mol. The molecule has 0 saturated heterocycles. The molecule has 0 bridgehead atoms. The van der Waals surface area contributed by atoms with Crippen LogP contribution in [-0.4, -0.2) is 32.1 Å². The Morgan fingerprint density at radius 2 is 1.71 bits per heavy atom. The van der Waals surface area contributed by atoms with Gasteiger partial charge in [-0.25, -0.2) is 0 Å². The van der Waals surface area contributed by atoms with Crippen LogP contribution < -0.4 is 4.90 Å². The first-order valence-corrected chi connectivity index (χ1v) is 13.6. The Morgan fingerprint density at radius 3 is 2.42 bits per heavy atom. The van der Waals surface area contributed by atoms with E-state index in [0.717, 1.165) is 11.1 Å². The molecule has 0 radical (unpaired) electrons. The molecule has 1 atom stereocenters. The summed E-state index contributed by atoms with van der Waals surface area (Å²) in [4.78, 5) is 27.9. The molecule has 7 nitrogen and oxygen atoms in total. The largest absolute Gasteiger partial charge is 0.508 e. The molecule has 0 aliphatic carbocycles. The molecule has 2 heterocycles. The van der Waals surface area contributed by atoms with Crippen LogP contribution in [-0.2, 0) is 15.3 Å². The number of hydrogen-bond acceptors (Lipinski definition) is 8. The number of aliphatic hydroxyl groups excluding tert-OH is 1. The third-order valence-corrected chi connectivity index (χ3v) is 8.12. The van der Waals surface area contributed by atoms with Gasteiger partial charge >= 0.3 is 0 Å².